The normalized spacial score (nSPS) is 19.7. The molecule has 23 heavy (non-hydrogen) atoms. The van der Waals surface area contributed by atoms with Gasteiger partial charge in [-0.1, -0.05) is 6.07 Å². The number of ether oxygens (including phenoxy) is 1. The van der Waals surface area contributed by atoms with Crippen molar-refractivity contribution in [3.8, 4) is 5.75 Å². The van der Waals surface area contributed by atoms with Gasteiger partial charge >= 0.3 is 5.97 Å². The van der Waals surface area contributed by atoms with Gasteiger partial charge in [0.25, 0.3) is 0 Å². The second-order valence-electron chi connectivity index (χ2n) is 6.53. The van der Waals surface area contributed by atoms with E-state index in [0.29, 0.717) is 30.9 Å². The zero-order valence-electron chi connectivity index (χ0n) is 13.0. The molecule has 2 N–H and O–H groups in total. The number of carbonyl (C=O) groups is 2. The molecule has 0 spiro atoms. The summed E-state index contributed by atoms with van der Waals surface area (Å²) in [6, 6.07) is 4.11. The lowest BCUT2D eigenvalue weighted by atomic mass is 10.0. The van der Waals surface area contributed by atoms with Crippen LogP contribution >= 0.6 is 0 Å². The summed E-state index contributed by atoms with van der Waals surface area (Å²) in [5, 5.41) is 11.8. The quantitative estimate of drug-likeness (QED) is 0.757. The molecule has 2 fully saturated rings. The molecule has 0 radical (unpaired) electrons. The summed E-state index contributed by atoms with van der Waals surface area (Å²) in [5.74, 6) is -1.32. The smallest absolute Gasteiger partial charge is 0.319 e. The van der Waals surface area contributed by atoms with Crippen LogP contribution in [0, 0.1) is 17.2 Å². The van der Waals surface area contributed by atoms with Crippen molar-refractivity contribution in [3.05, 3.63) is 29.6 Å². The van der Waals surface area contributed by atoms with E-state index in [0.717, 1.165) is 12.8 Å². The van der Waals surface area contributed by atoms with Crippen molar-refractivity contribution in [3.63, 3.8) is 0 Å². The molecule has 0 unspecified atom stereocenters. The average molecular weight is 321 g/mol. The zero-order valence-corrected chi connectivity index (χ0v) is 13.0. The molecule has 124 valence electrons. The minimum Gasteiger partial charge on any atom is -0.490 e. The monoisotopic (exact) mass is 321 g/mol. The van der Waals surface area contributed by atoms with Gasteiger partial charge < -0.3 is 15.2 Å². The van der Waals surface area contributed by atoms with Crippen molar-refractivity contribution < 1.29 is 23.8 Å². The first-order valence-electron chi connectivity index (χ1n) is 7.89. The Kier molecular flexibility index (Phi) is 4.00. The number of hydrogen-bond acceptors (Lipinski definition) is 3. The largest absolute Gasteiger partial charge is 0.490 e. The van der Waals surface area contributed by atoms with E-state index in [-0.39, 0.29) is 5.75 Å². The maximum Gasteiger partial charge on any atom is 0.319 e. The maximum atomic E-state index is 14.1. The van der Waals surface area contributed by atoms with E-state index in [4.69, 9.17) is 9.84 Å². The van der Waals surface area contributed by atoms with E-state index in [1.165, 1.54) is 6.07 Å². The fourth-order valence-corrected chi connectivity index (χ4v) is 2.48. The van der Waals surface area contributed by atoms with Gasteiger partial charge in [0.15, 0.2) is 11.6 Å². The van der Waals surface area contributed by atoms with Crippen LogP contribution in [-0.2, 0) is 9.59 Å². The van der Waals surface area contributed by atoms with Gasteiger partial charge in [0.05, 0.1) is 12.6 Å². The van der Waals surface area contributed by atoms with Crippen molar-refractivity contribution >= 4 is 11.9 Å². The van der Waals surface area contributed by atoms with Gasteiger partial charge in [-0.05, 0) is 56.2 Å². The summed E-state index contributed by atoms with van der Waals surface area (Å²) in [4.78, 5) is 23.2. The predicted molar refractivity (Wildman–Crippen MR) is 80.5 cm³/mol. The number of hydrogen-bond donors (Lipinski definition) is 2. The van der Waals surface area contributed by atoms with Crippen LogP contribution < -0.4 is 10.1 Å². The summed E-state index contributed by atoms with van der Waals surface area (Å²) < 4.78 is 19.5. The van der Waals surface area contributed by atoms with Gasteiger partial charge in [0, 0.05) is 0 Å². The minimum atomic E-state index is -1.29. The number of amides is 1. The molecule has 2 aliphatic rings. The van der Waals surface area contributed by atoms with Crippen LogP contribution in [0.4, 0.5) is 4.39 Å². The minimum absolute atomic E-state index is 0.211. The lowest BCUT2D eigenvalue weighted by molar-refractivity contribution is -0.149. The molecule has 0 saturated heterocycles. The van der Waals surface area contributed by atoms with Crippen molar-refractivity contribution in [1.29, 1.82) is 0 Å². The molecule has 0 aromatic heterocycles. The van der Waals surface area contributed by atoms with E-state index in [1.807, 2.05) is 0 Å². The molecule has 3 rings (SSSR count). The van der Waals surface area contributed by atoms with E-state index in [1.54, 1.807) is 19.1 Å². The molecule has 6 heteroatoms. The lowest BCUT2D eigenvalue weighted by Gasteiger charge is -2.18. The second kappa shape index (κ2) is 5.83. The Hall–Kier alpha value is -2.11. The van der Waals surface area contributed by atoms with Crippen molar-refractivity contribution in [2.75, 3.05) is 6.61 Å². The van der Waals surface area contributed by atoms with Crippen LogP contribution in [0.5, 0.6) is 5.75 Å². The van der Waals surface area contributed by atoms with Crippen LogP contribution in [-0.4, -0.2) is 23.6 Å². The summed E-state index contributed by atoms with van der Waals surface area (Å²) in [6.07, 6.45) is 2.97. The number of carboxylic acids is 1. The van der Waals surface area contributed by atoms with E-state index < -0.39 is 29.2 Å². The topological polar surface area (TPSA) is 75.6 Å². The van der Waals surface area contributed by atoms with Crippen LogP contribution in [0.2, 0.25) is 0 Å². The zero-order chi connectivity index (χ0) is 16.6. The second-order valence-corrected chi connectivity index (χ2v) is 6.53. The standard InChI is InChI=1S/C17H20FNO4/c1-10(19-15(20)17(6-7-17)16(21)22)12-4-5-14(13(18)8-12)23-9-11-2-3-11/h4-5,8,10-11H,2-3,6-7,9H2,1H3,(H,19,20)(H,21,22)/t10-/m0/s1. The Morgan fingerprint density at radius 1 is 1.43 bits per heavy atom. The highest BCUT2D eigenvalue weighted by molar-refractivity contribution is 6.04. The van der Waals surface area contributed by atoms with Crippen molar-refractivity contribution in [2.24, 2.45) is 11.3 Å². The van der Waals surface area contributed by atoms with Gasteiger partial charge in [-0.25, -0.2) is 4.39 Å². The number of aliphatic carboxylic acids is 1. The third-order valence-electron chi connectivity index (χ3n) is 4.57. The molecule has 0 bridgehead atoms. The van der Waals surface area contributed by atoms with Crippen molar-refractivity contribution in [1.82, 2.24) is 5.32 Å². The Labute approximate surface area is 133 Å². The fraction of sp³-hybridized carbons (Fsp3) is 0.529. The molecule has 2 aliphatic carbocycles. The predicted octanol–water partition coefficient (Wildman–Crippen LogP) is 2.66. The summed E-state index contributed by atoms with van der Waals surface area (Å²) in [7, 11) is 0. The molecule has 1 aromatic rings. The SMILES string of the molecule is C[C@H](NC(=O)C1(C(=O)O)CC1)c1ccc(OCC2CC2)c(F)c1. The molecule has 1 atom stereocenters. The highest BCUT2D eigenvalue weighted by Crippen LogP contribution is 2.46. The Balaban J connectivity index is 1.62. The first-order chi connectivity index (χ1) is 10.9. The van der Waals surface area contributed by atoms with Crippen molar-refractivity contribution in [2.45, 2.75) is 38.6 Å². The first kappa shape index (κ1) is 15.8. The molecule has 5 nitrogen and oxygen atoms in total. The van der Waals surface area contributed by atoms with Gasteiger partial charge in [0.2, 0.25) is 5.91 Å². The molecule has 0 aliphatic heterocycles. The molecule has 0 heterocycles. The van der Waals surface area contributed by atoms with Gasteiger partial charge in [-0.3, -0.25) is 9.59 Å². The average Bonchev–Trinajstić information content (AvgIpc) is 3.38. The number of nitrogens with one attached hydrogen (secondary N) is 1. The summed E-state index contributed by atoms with van der Waals surface area (Å²) >= 11 is 0. The molecule has 1 aromatic carbocycles. The van der Waals surface area contributed by atoms with Crippen LogP contribution in [0.25, 0.3) is 0 Å². The van der Waals surface area contributed by atoms with Gasteiger partial charge in [-0.2, -0.15) is 0 Å². The van der Waals surface area contributed by atoms with Crippen LogP contribution in [0.15, 0.2) is 18.2 Å². The van der Waals surface area contributed by atoms with Crippen LogP contribution in [0.1, 0.15) is 44.2 Å². The fourth-order valence-electron chi connectivity index (χ4n) is 2.48. The summed E-state index contributed by atoms with van der Waals surface area (Å²) in [5.41, 5.74) is -0.712. The third kappa shape index (κ3) is 3.30. The molecule has 2 saturated carbocycles. The number of carbonyl (C=O) groups excluding carboxylic acids is 1. The molecular weight excluding hydrogens is 301 g/mol. The van der Waals surface area contributed by atoms with E-state index in [2.05, 4.69) is 5.32 Å². The summed E-state index contributed by atoms with van der Waals surface area (Å²) in [6.45, 7) is 2.24. The highest BCUT2D eigenvalue weighted by Gasteiger charge is 2.57. The number of rotatable bonds is 7. The maximum absolute atomic E-state index is 14.1. The Morgan fingerprint density at radius 3 is 2.65 bits per heavy atom. The van der Waals surface area contributed by atoms with Gasteiger partial charge in [0.1, 0.15) is 5.41 Å². The van der Waals surface area contributed by atoms with Gasteiger partial charge in [-0.15, -0.1) is 0 Å². The molecule has 1 amide bonds. The van der Waals surface area contributed by atoms with Crippen LogP contribution in [0.3, 0.4) is 0 Å². The molecular formula is C17H20FNO4. The van der Waals surface area contributed by atoms with E-state index in [9.17, 15) is 14.0 Å². The first-order valence-corrected chi connectivity index (χ1v) is 7.89. The lowest BCUT2D eigenvalue weighted by Crippen LogP contribution is -2.38. The Bertz CT molecular complexity index is 637. The van der Waals surface area contributed by atoms with E-state index >= 15 is 0 Å². The third-order valence-corrected chi connectivity index (χ3v) is 4.57. The number of benzene rings is 1. The highest BCUT2D eigenvalue weighted by atomic mass is 19.1. The Morgan fingerprint density at radius 2 is 2.13 bits per heavy atom. The number of carboxylic acid groups (broad SMARTS) is 1. The number of halogens is 1.